The zero-order valence-electron chi connectivity index (χ0n) is 16.4. The summed E-state index contributed by atoms with van der Waals surface area (Å²) >= 11 is 0. The van der Waals surface area contributed by atoms with Gasteiger partial charge in [-0.15, -0.1) is 0 Å². The molecule has 0 aromatic rings. The van der Waals surface area contributed by atoms with Crippen LogP contribution in [-0.4, -0.2) is 18.9 Å². The van der Waals surface area contributed by atoms with Gasteiger partial charge in [-0.05, 0) is 74.0 Å². The van der Waals surface area contributed by atoms with Gasteiger partial charge in [0, 0.05) is 18.8 Å². The highest BCUT2D eigenvalue weighted by molar-refractivity contribution is 5.87. The number of hydrogen-bond acceptors (Lipinski definition) is 4. The number of esters is 1. The Morgan fingerprint density at radius 3 is 2.62 bits per heavy atom. The first kappa shape index (κ1) is 18.9. The first-order valence-corrected chi connectivity index (χ1v) is 9.64. The van der Waals surface area contributed by atoms with Gasteiger partial charge in [0.1, 0.15) is 11.5 Å². The van der Waals surface area contributed by atoms with Crippen molar-refractivity contribution in [3.8, 4) is 0 Å². The molecule has 0 aromatic carbocycles. The van der Waals surface area contributed by atoms with Crippen molar-refractivity contribution in [2.24, 2.45) is 23.2 Å². The highest BCUT2D eigenvalue weighted by Crippen LogP contribution is 2.59. The van der Waals surface area contributed by atoms with Crippen molar-refractivity contribution in [1.82, 2.24) is 0 Å². The Balaban J connectivity index is 1.85. The second kappa shape index (κ2) is 7.05. The van der Waals surface area contributed by atoms with Crippen LogP contribution >= 0.6 is 0 Å². The molecule has 4 atom stereocenters. The number of carbonyl (C=O) groups is 2. The normalized spacial score (nSPS) is 36.3. The summed E-state index contributed by atoms with van der Waals surface area (Å²) < 4.78 is 10.6. The van der Waals surface area contributed by atoms with Crippen molar-refractivity contribution in [3.63, 3.8) is 0 Å². The Hall–Kier alpha value is -1.84. The Kier molecular flexibility index (Phi) is 5.14. The summed E-state index contributed by atoms with van der Waals surface area (Å²) in [5.41, 5.74) is 2.18. The monoisotopic (exact) mass is 358 g/mol. The second-order valence-electron chi connectivity index (χ2n) is 8.25. The summed E-state index contributed by atoms with van der Waals surface area (Å²) in [5.74, 6) is 2.63. The predicted molar refractivity (Wildman–Crippen MR) is 100.0 cm³/mol. The predicted octanol–water partition coefficient (Wildman–Crippen LogP) is 4.72. The fourth-order valence-electron chi connectivity index (χ4n) is 5.40. The van der Waals surface area contributed by atoms with Crippen molar-refractivity contribution in [2.75, 3.05) is 7.11 Å². The van der Waals surface area contributed by atoms with E-state index in [1.165, 1.54) is 6.92 Å². The van der Waals surface area contributed by atoms with E-state index in [9.17, 15) is 9.59 Å². The van der Waals surface area contributed by atoms with E-state index in [2.05, 4.69) is 13.5 Å². The van der Waals surface area contributed by atoms with Crippen LogP contribution in [-0.2, 0) is 19.1 Å². The Labute approximate surface area is 156 Å². The van der Waals surface area contributed by atoms with Gasteiger partial charge in [0.15, 0.2) is 5.76 Å². The van der Waals surface area contributed by atoms with Crippen molar-refractivity contribution in [1.29, 1.82) is 0 Å². The van der Waals surface area contributed by atoms with Crippen molar-refractivity contribution in [2.45, 2.75) is 59.3 Å². The number of allylic oxidation sites excluding steroid dienone is 4. The molecule has 4 unspecified atom stereocenters. The number of hydrogen-bond donors (Lipinski definition) is 0. The Morgan fingerprint density at radius 1 is 1.23 bits per heavy atom. The topological polar surface area (TPSA) is 52.6 Å². The molecule has 26 heavy (non-hydrogen) atoms. The summed E-state index contributed by atoms with van der Waals surface area (Å²) in [6, 6.07) is 0. The molecule has 0 spiro atoms. The average Bonchev–Trinajstić information content (AvgIpc) is 2.90. The number of ketones is 1. The van der Waals surface area contributed by atoms with E-state index < -0.39 is 0 Å². The van der Waals surface area contributed by atoms with Crippen molar-refractivity contribution >= 4 is 11.8 Å². The third kappa shape index (κ3) is 3.15. The molecule has 0 heterocycles. The van der Waals surface area contributed by atoms with Gasteiger partial charge in [-0.2, -0.15) is 0 Å². The van der Waals surface area contributed by atoms with Crippen LogP contribution in [0.25, 0.3) is 0 Å². The molecule has 4 nitrogen and oxygen atoms in total. The summed E-state index contributed by atoms with van der Waals surface area (Å²) in [4.78, 5) is 23.8. The molecule has 0 aromatic heterocycles. The molecule has 0 saturated heterocycles. The van der Waals surface area contributed by atoms with E-state index in [1.54, 1.807) is 14.0 Å². The number of fused-ring (bicyclic) bond motifs is 3. The first-order chi connectivity index (χ1) is 12.3. The fraction of sp³-hybridized carbons (Fsp3) is 0.636. The summed E-state index contributed by atoms with van der Waals surface area (Å²) in [6.07, 6.45) is 7.66. The Bertz CT molecular complexity index is 699. The average molecular weight is 358 g/mol. The molecular formula is C22H30O4. The highest BCUT2D eigenvalue weighted by Gasteiger charge is 2.54. The molecule has 0 N–H and O–H groups in total. The summed E-state index contributed by atoms with van der Waals surface area (Å²) in [6.45, 7) is 9.76. The highest BCUT2D eigenvalue weighted by atomic mass is 16.6. The molecule has 3 aliphatic rings. The van der Waals surface area contributed by atoms with Crippen molar-refractivity contribution in [3.05, 3.63) is 35.3 Å². The zero-order chi connectivity index (χ0) is 19.1. The van der Waals surface area contributed by atoms with Crippen LogP contribution < -0.4 is 0 Å². The minimum Gasteiger partial charge on any atom is -0.498 e. The third-order valence-electron chi connectivity index (χ3n) is 6.97. The molecule has 3 fully saturated rings. The van der Waals surface area contributed by atoms with Gasteiger partial charge in [0.25, 0.3) is 0 Å². The minimum absolute atomic E-state index is 0.113. The molecule has 142 valence electrons. The lowest BCUT2D eigenvalue weighted by Gasteiger charge is -2.49. The van der Waals surface area contributed by atoms with Crippen LogP contribution in [0.3, 0.4) is 0 Å². The number of rotatable bonds is 3. The molecule has 3 saturated carbocycles. The number of methoxy groups -OCH3 is 1. The van der Waals surface area contributed by atoms with Crippen LogP contribution in [0.1, 0.15) is 59.3 Å². The standard InChI is InChI=1S/C22H30O4/c1-13-16(12-20(14(2)25-5)26-15(3)23)6-7-18-17(13)10-11-22(4)19(18)8-9-21(22)24/h12,17-19H,1,6-11H2,2-5H3/b16-12-,20-14-. The maximum absolute atomic E-state index is 12.4. The second-order valence-corrected chi connectivity index (χ2v) is 8.25. The molecule has 3 aliphatic carbocycles. The van der Waals surface area contributed by atoms with Gasteiger partial charge in [-0.1, -0.05) is 13.5 Å². The lowest BCUT2D eigenvalue weighted by molar-refractivity contribution is -0.136. The quantitative estimate of drug-likeness (QED) is 0.541. The molecule has 0 bridgehead atoms. The van der Waals surface area contributed by atoms with Gasteiger partial charge >= 0.3 is 5.97 Å². The zero-order valence-corrected chi connectivity index (χ0v) is 16.4. The van der Waals surface area contributed by atoms with E-state index in [4.69, 9.17) is 9.47 Å². The van der Waals surface area contributed by atoms with E-state index in [0.717, 1.165) is 49.7 Å². The van der Waals surface area contributed by atoms with E-state index in [1.807, 2.05) is 6.08 Å². The van der Waals surface area contributed by atoms with E-state index >= 15 is 0 Å². The molecule has 0 aliphatic heterocycles. The van der Waals surface area contributed by atoms with Crippen molar-refractivity contribution < 1.29 is 19.1 Å². The van der Waals surface area contributed by atoms with Gasteiger partial charge in [-0.3, -0.25) is 9.59 Å². The first-order valence-electron chi connectivity index (χ1n) is 9.64. The lowest BCUT2D eigenvalue weighted by Crippen LogP contribution is -2.43. The number of Topliss-reactive ketones (excluding diaryl/α,β-unsaturated/α-hetero) is 1. The number of carbonyl (C=O) groups excluding carboxylic acids is 2. The maximum Gasteiger partial charge on any atom is 0.308 e. The molecule has 0 radical (unpaired) electrons. The summed E-state index contributed by atoms with van der Waals surface area (Å²) in [7, 11) is 1.57. The molecule has 4 heteroatoms. The van der Waals surface area contributed by atoms with Gasteiger partial charge in [0.2, 0.25) is 0 Å². The van der Waals surface area contributed by atoms with E-state index in [0.29, 0.717) is 35.1 Å². The largest absolute Gasteiger partial charge is 0.498 e. The van der Waals surface area contributed by atoms with Crippen LogP contribution in [0.15, 0.2) is 35.3 Å². The van der Waals surface area contributed by atoms with E-state index in [-0.39, 0.29) is 11.4 Å². The Morgan fingerprint density at radius 2 is 1.96 bits per heavy atom. The maximum atomic E-state index is 12.4. The third-order valence-corrected chi connectivity index (χ3v) is 6.97. The van der Waals surface area contributed by atoms with Crippen LogP contribution in [0, 0.1) is 23.2 Å². The lowest BCUT2D eigenvalue weighted by atomic mass is 9.55. The van der Waals surface area contributed by atoms with Crippen LogP contribution in [0.2, 0.25) is 0 Å². The minimum atomic E-state index is -0.356. The van der Waals surface area contributed by atoms with Gasteiger partial charge in [-0.25, -0.2) is 0 Å². The smallest absolute Gasteiger partial charge is 0.308 e. The van der Waals surface area contributed by atoms with Gasteiger partial charge < -0.3 is 9.47 Å². The molecule has 3 rings (SSSR count). The summed E-state index contributed by atoms with van der Waals surface area (Å²) in [5, 5.41) is 0. The van der Waals surface area contributed by atoms with Crippen LogP contribution in [0.5, 0.6) is 0 Å². The molecular weight excluding hydrogens is 328 g/mol. The fourth-order valence-corrected chi connectivity index (χ4v) is 5.40. The number of ether oxygens (including phenoxy) is 2. The SMILES string of the molecule is C=C1/C(=C\C(OC(C)=O)=C(/C)OC)CCC2C1CCC1(C)C(=O)CCC21. The molecule has 0 amide bonds. The van der Waals surface area contributed by atoms with Crippen LogP contribution in [0.4, 0.5) is 0 Å². The van der Waals surface area contributed by atoms with Gasteiger partial charge in [0.05, 0.1) is 7.11 Å².